The minimum atomic E-state index is 0.158. The van der Waals surface area contributed by atoms with Crippen LogP contribution in [0.25, 0.3) is 10.6 Å². The van der Waals surface area contributed by atoms with Gasteiger partial charge in [0.2, 0.25) is 5.91 Å². The molecule has 2 unspecified atom stereocenters. The monoisotopic (exact) mass is 329 g/mol. The van der Waals surface area contributed by atoms with E-state index in [1.54, 1.807) is 11.3 Å². The highest BCUT2D eigenvalue weighted by molar-refractivity contribution is 7.13. The van der Waals surface area contributed by atoms with Gasteiger partial charge in [-0.05, 0) is 32.8 Å². The summed E-state index contributed by atoms with van der Waals surface area (Å²) in [5.74, 6) is 0.158. The minimum Gasteiger partial charge on any atom is -0.340 e. The molecule has 1 amide bonds. The maximum atomic E-state index is 12.5. The summed E-state index contributed by atoms with van der Waals surface area (Å²) in [6.07, 6.45) is 2.15. The molecule has 2 aromatic rings. The van der Waals surface area contributed by atoms with Crippen LogP contribution in [-0.2, 0) is 11.2 Å². The molecule has 5 heteroatoms. The molecule has 0 aliphatic carbocycles. The van der Waals surface area contributed by atoms with E-state index in [0.29, 0.717) is 6.42 Å². The fourth-order valence-corrected chi connectivity index (χ4v) is 3.95. The summed E-state index contributed by atoms with van der Waals surface area (Å²) in [6.45, 7) is 4.91. The number of nitrogens with zero attached hydrogens (tertiary/aromatic N) is 2. The number of amides is 1. The molecule has 0 spiro atoms. The van der Waals surface area contributed by atoms with E-state index in [2.05, 4.69) is 37.0 Å². The number of piperidine rings is 1. The Morgan fingerprint density at radius 2 is 2.30 bits per heavy atom. The van der Waals surface area contributed by atoms with Gasteiger partial charge < -0.3 is 10.6 Å². The Labute approximate surface area is 141 Å². The van der Waals surface area contributed by atoms with Crippen molar-refractivity contribution in [1.82, 2.24) is 9.88 Å². The number of benzene rings is 1. The molecule has 1 aromatic carbocycles. The fraction of sp³-hybridized carbons (Fsp3) is 0.444. The van der Waals surface area contributed by atoms with Crippen LogP contribution in [0.5, 0.6) is 0 Å². The van der Waals surface area contributed by atoms with Gasteiger partial charge in [-0.25, -0.2) is 4.98 Å². The first-order valence-electron chi connectivity index (χ1n) is 8.09. The Bertz CT molecular complexity index is 697. The van der Waals surface area contributed by atoms with Crippen LogP contribution < -0.4 is 5.73 Å². The highest BCUT2D eigenvalue weighted by Gasteiger charge is 2.27. The smallest absolute Gasteiger partial charge is 0.228 e. The molecule has 1 aromatic heterocycles. The zero-order valence-corrected chi connectivity index (χ0v) is 14.5. The zero-order valence-electron chi connectivity index (χ0n) is 13.7. The molecule has 122 valence electrons. The summed E-state index contributed by atoms with van der Waals surface area (Å²) < 4.78 is 0. The molecule has 2 N–H and O–H groups in total. The number of hydrogen-bond acceptors (Lipinski definition) is 4. The Kier molecular flexibility index (Phi) is 4.78. The van der Waals surface area contributed by atoms with Gasteiger partial charge in [0, 0.05) is 29.6 Å². The van der Waals surface area contributed by atoms with Gasteiger partial charge in [0.15, 0.2) is 0 Å². The Balaban J connectivity index is 1.68. The highest BCUT2D eigenvalue weighted by Crippen LogP contribution is 2.25. The second-order valence-electron chi connectivity index (χ2n) is 6.41. The van der Waals surface area contributed by atoms with Crippen molar-refractivity contribution in [2.75, 3.05) is 6.54 Å². The summed E-state index contributed by atoms with van der Waals surface area (Å²) in [4.78, 5) is 19.1. The van der Waals surface area contributed by atoms with E-state index < -0.39 is 0 Å². The first kappa shape index (κ1) is 16.1. The SMILES string of the molecule is Cc1cccc(-c2nc(CC(=O)N3CCC(N)CC3C)cs2)c1. The molecule has 4 nitrogen and oxygen atoms in total. The Morgan fingerprint density at radius 3 is 3.04 bits per heavy atom. The van der Waals surface area contributed by atoms with E-state index in [4.69, 9.17) is 5.73 Å². The maximum Gasteiger partial charge on any atom is 0.228 e. The normalized spacial score (nSPS) is 21.4. The summed E-state index contributed by atoms with van der Waals surface area (Å²) in [5, 5.41) is 2.97. The van der Waals surface area contributed by atoms with Crippen LogP contribution in [-0.4, -0.2) is 34.4 Å². The lowest BCUT2D eigenvalue weighted by Crippen LogP contribution is -2.48. The molecule has 1 aliphatic rings. The average molecular weight is 329 g/mol. The van der Waals surface area contributed by atoms with Crippen LogP contribution in [0.1, 0.15) is 31.0 Å². The van der Waals surface area contributed by atoms with Crippen molar-refractivity contribution in [1.29, 1.82) is 0 Å². The predicted octanol–water partition coefficient (Wildman–Crippen LogP) is 3.00. The number of hydrogen-bond donors (Lipinski definition) is 1. The van der Waals surface area contributed by atoms with E-state index in [-0.39, 0.29) is 18.0 Å². The van der Waals surface area contributed by atoms with Crippen molar-refractivity contribution in [2.45, 2.75) is 45.2 Å². The molecule has 1 saturated heterocycles. The van der Waals surface area contributed by atoms with Crippen molar-refractivity contribution in [2.24, 2.45) is 5.73 Å². The van der Waals surface area contributed by atoms with E-state index >= 15 is 0 Å². The third kappa shape index (κ3) is 3.79. The van der Waals surface area contributed by atoms with E-state index in [1.807, 2.05) is 16.3 Å². The van der Waals surface area contributed by atoms with Crippen molar-refractivity contribution < 1.29 is 4.79 Å². The summed E-state index contributed by atoms with van der Waals surface area (Å²) >= 11 is 1.60. The second kappa shape index (κ2) is 6.81. The zero-order chi connectivity index (χ0) is 16.4. The molecular weight excluding hydrogens is 306 g/mol. The molecular formula is C18H23N3OS. The Hall–Kier alpha value is -1.72. The number of likely N-dealkylation sites (tertiary alicyclic amines) is 1. The summed E-state index contributed by atoms with van der Waals surface area (Å²) in [5.41, 5.74) is 9.16. The number of carbonyl (C=O) groups is 1. The fourth-order valence-electron chi connectivity index (χ4n) is 3.13. The van der Waals surface area contributed by atoms with Crippen LogP contribution in [0.4, 0.5) is 0 Å². The van der Waals surface area contributed by atoms with Gasteiger partial charge in [0.05, 0.1) is 12.1 Å². The van der Waals surface area contributed by atoms with Crippen LogP contribution in [0.2, 0.25) is 0 Å². The lowest BCUT2D eigenvalue weighted by Gasteiger charge is -2.36. The number of aromatic nitrogens is 1. The first-order chi connectivity index (χ1) is 11.0. The molecule has 0 saturated carbocycles. The van der Waals surface area contributed by atoms with Gasteiger partial charge in [-0.1, -0.05) is 23.8 Å². The third-order valence-electron chi connectivity index (χ3n) is 4.39. The molecule has 23 heavy (non-hydrogen) atoms. The van der Waals surface area contributed by atoms with E-state index in [0.717, 1.165) is 35.7 Å². The van der Waals surface area contributed by atoms with Crippen LogP contribution >= 0.6 is 11.3 Å². The molecule has 2 atom stereocenters. The minimum absolute atomic E-state index is 0.158. The van der Waals surface area contributed by atoms with E-state index in [1.165, 1.54) is 5.56 Å². The van der Waals surface area contributed by atoms with Crippen LogP contribution in [0.15, 0.2) is 29.6 Å². The van der Waals surface area contributed by atoms with Crippen molar-refractivity contribution in [3.63, 3.8) is 0 Å². The van der Waals surface area contributed by atoms with Gasteiger partial charge >= 0.3 is 0 Å². The number of aryl methyl sites for hydroxylation is 1. The quantitative estimate of drug-likeness (QED) is 0.942. The van der Waals surface area contributed by atoms with Gasteiger partial charge in [0.25, 0.3) is 0 Å². The summed E-state index contributed by atoms with van der Waals surface area (Å²) in [7, 11) is 0. The number of rotatable bonds is 3. The molecule has 0 radical (unpaired) electrons. The second-order valence-corrected chi connectivity index (χ2v) is 7.27. The molecule has 2 heterocycles. The lowest BCUT2D eigenvalue weighted by molar-refractivity contribution is -0.133. The maximum absolute atomic E-state index is 12.5. The van der Waals surface area contributed by atoms with Crippen molar-refractivity contribution in [3.05, 3.63) is 40.9 Å². The predicted molar refractivity (Wildman–Crippen MR) is 94.4 cm³/mol. The van der Waals surface area contributed by atoms with Gasteiger partial charge in [0.1, 0.15) is 5.01 Å². The van der Waals surface area contributed by atoms with Crippen molar-refractivity contribution >= 4 is 17.2 Å². The third-order valence-corrected chi connectivity index (χ3v) is 5.33. The molecule has 1 aliphatic heterocycles. The number of nitrogens with two attached hydrogens (primary N) is 1. The lowest BCUT2D eigenvalue weighted by atomic mass is 9.98. The topological polar surface area (TPSA) is 59.2 Å². The average Bonchev–Trinajstić information content (AvgIpc) is 2.95. The van der Waals surface area contributed by atoms with Gasteiger partial charge in [-0.15, -0.1) is 11.3 Å². The van der Waals surface area contributed by atoms with Gasteiger partial charge in [-0.2, -0.15) is 0 Å². The highest BCUT2D eigenvalue weighted by atomic mass is 32.1. The molecule has 1 fully saturated rings. The van der Waals surface area contributed by atoms with Crippen LogP contribution in [0.3, 0.4) is 0 Å². The Morgan fingerprint density at radius 1 is 1.48 bits per heavy atom. The number of thiazole rings is 1. The van der Waals surface area contributed by atoms with Crippen molar-refractivity contribution in [3.8, 4) is 10.6 Å². The number of carbonyl (C=O) groups excluding carboxylic acids is 1. The molecule has 3 rings (SSSR count). The molecule has 0 bridgehead atoms. The summed E-state index contributed by atoms with van der Waals surface area (Å²) in [6, 6.07) is 8.74. The largest absolute Gasteiger partial charge is 0.340 e. The van der Waals surface area contributed by atoms with Crippen LogP contribution in [0, 0.1) is 6.92 Å². The van der Waals surface area contributed by atoms with Gasteiger partial charge in [-0.3, -0.25) is 4.79 Å². The first-order valence-corrected chi connectivity index (χ1v) is 8.97. The van der Waals surface area contributed by atoms with E-state index in [9.17, 15) is 4.79 Å². The standard InChI is InChI=1S/C18H23N3OS/c1-12-4-3-5-14(8-12)18-20-16(11-23-18)10-17(22)21-7-6-15(19)9-13(21)2/h3-5,8,11,13,15H,6-7,9-10,19H2,1-2H3.